The van der Waals surface area contributed by atoms with Gasteiger partial charge in [-0.15, -0.1) is 0 Å². The molecule has 4 aliphatic heterocycles. The van der Waals surface area contributed by atoms with Crippen LogP contribution in [0.15, 0.2) is 47.4 Å². The second kappa shape index (κ2) is 15.7. The summed E-state index contributed by atoms with van der Waals surface area (Å²) in [5.41, 5.74) is 3.85. The fraction of sp³-hybridized carbons (Fsp3) is 0.500. The number of alkyl halides is 2. The van der Waals surface area contributed by atoms with Crippen molar-refractivity contribution in [2.24, 2.45) is 25.9 Å². The Hall–Kier alpha value is -5.55. The minimum Gasteiger partial charge on any atom is -0.480 e. The number of hydrogen-bond acceptors (Lipinski definition) is 12. The first kappa shape index (κ1) is 40.5. The van der Waals surface area contributed by atoms with Crippen LogP contribution >= 0.6 is 11.6 Å². The lowest BCUT2D eigenvalue weighted by atomic mass is 9.88. The van der Waals surface area contributed by atoms with Crippen molar-refractivity contribution in [3.8, 4) is 5.75 Å². The molecule has 3 N–H and O–H groups in total. The van der Waals surface area contributed by atoms with Gasteiger partial charge in [-0.2, -0.15) is 10.1 Å². The Morgan fingerprint density at radius 3 is 2.44 bits per heavy atom. The molecule has 326 valence electrons. The number of pyridine rings is 1. The molecule has 1 aliphatic carbocycles. The molecule has 4 fully saturated rings. The van der Waals surface area contributed by atoms with E-state index in [1.807, 2.05) is 17.8 Å². The van der Waals surface area contributed by atoms with Crippen LogP contribution in [-0.2, 0) is 23.7 Å². The van der Waals surface area contributed by atoms with Gasteiger partial charge in [0.05, 0.1) is 40.6 Å². The van der Waals surface area contributed by atoms with Crippen LogP contribution in [-0.4, -0.2) is 105 Å². The van der Waals surface area contributed by atoms with Gasteiger partial charge in [-0.05, 0) is 87.3 Å². The first-order valence-electron chi connectivity index (χ1n) is 21.6. The summed E-state index contributed by atoms with van der Waals surface area (Å²) in [6, 6.07) is 11.0. The van der Waals surface area contributed by atoms with Crippen molar-refractivity contribution in [2.45, 2.75) is 69.4 Å². The summed E-state index contributed by atoms with van der Waals surface area (Å²) in [4.78, 5) is 54.2. The number of nitrogens with zero attached hydrogens (tertiary/aromatic N) is 8. The molecule has 2 unspecified atom stereocenters. The lowest BCUT2D eigenvalue weighted by molar-refractivity contribution is -0.134. The van der Waals surface area contributed by atoms with Crippen molar-refractivity contribution in [3.05, 3.63) is 63.7 Å². The number of aryl methyl sites for hydroxylation is 2. The highest BCUT2D eigenvalue weighted by Gasteiger charge is 2.51. The second-order valence-electron chi connectivity index (χ2n) is 17.6. The maximum Gasteiger partial charge on any atom is 0.301 e. The quantitative estimate of drug-likeness (QED) is 0.162. The van der Waals surface area contributed by atoms with E-state index in [1.54, 1.807) is 25.4 Å². The molecule has 2 aromatic carbocycles. The number of aromatic nitrogens is 5. The Morgan fingerprint density at radius 1 is 0.919 bits per heavy atom. The van der Waals surface area contributed by atoms with Crippen LogP contribution in [0.1, 0.15) is 57.1 Å². The van der Waals surface area contributed by atoms with E-state index in [0.717, 1.165) is 74.4 Å². The summed E-state index contributed by atoms with van der Waals surface area (Å²) in [5.74, 6) is -2.82. The van der Waals surface area contributed by atoms with Crippen LogP contribution in [0.5, 0.6) is 5.75 Å². The van der Waals surface area contributed by atoms with Gasteiger partial charge < -0.3 is 29.7 Å². The van der Waals surface area contributed by atoms with Gasteiger partial charge >= 0.3 is 5.92 Å². The lowest BCUT2D eigenvalue weighted by Crippen LogP contribution is -2.53. The molecule has 3 aromatic heterocycles. The number of carbonyl (C=O) groups is 2. The molecular formula is C44H50ClF2N11O4. The number of ether oxygens (including phenoxy) is 1. The van der Waals surface area contributed by atoms with E-state index in [2.05, 4.69) is 60.8 Å². The summed E-state index contributed by atoms with van der Waals surface area (Å²) >= 11 is 6.64. The monoisotopic (exact) mass is 869 g/mol. The predicted molar refractivity (Wildman–Crippen MR) is 234 cm³/mol. The summed E-state index contributed by atoms with van der Waals surface area (Å²) in [6.07, 6.45) is 5.94. The van der Waals surface area contributed by atoms with Crippen LogP contribution < -0.4 is 36.0 Å². The van der Waals surface area contributed by atoms with Crippen molar-refractivity contribution in [1.82, 2.24) is 34.5 Å². The molecule has 3 atom stereocenters. The number of amides is 2. The van der Waals surface area contributed by atoms with Gasteiger partial charge in [0, 0.05) is 88.0 Å². The summed E-state index contributed by atoms with van der Waals surface area (Å²) in [6.45, 7) is 6.63. The molecule has 0 bridgehead atoms. The molecule has 62 heavy (non-hydrogen) atoms. The number of halogens is 3. The first-order valence-corrected chi connectivity index (χ1v) is 22.0. The highest BCUT2D eigenvalue weighted by atomic mass is 35.5. The Morgan fingerprint density at radius 2 is 1.69 bits per heavy atom. The van der Waals surface area contributed by atoms with Crippen molar-refractivity contribution in [3.63, 3.8) is 0 Å². The first-order chi connectivity index (χ1) is 29.8. The molecule has 3 saturated heterocycles. The normalized spacial score (nSPS) is 22.8. The molecule has 0 spiro atoms. The third kappa shape index (κ3) is 7.35. The van der Waals surface area contributed by atoms with Crippen molar-refractivity contribution in [1.29, 1.82) is 0 Å². The SMILES string of the molecule is CC(C1CCN(c2ccc3c(C4CCC(=O)NC4=O)nn(C)c3c2)CC1)N1CCN(c2ncc(Cl)c(Nc3ccc4c(c3)c3c(c(=O)n4C)OCC(F)(F)[C@H](C4CC4)N3)n2)CC1. The minimum absolute atomic E-state index is 0.107. The van der Waals surface area contributed by atoms with Crippen LogP contribution in [0.2, 0.25) is 5.02 Å². The summed E-state index contributed by atoms with van der Waals surface area (Å²) < 4.78 is 39.1. The van der Waals surface area contributed by atoms with Crippen LogP contribution in [0.4, 0.5) is 37.6 Å². The third-order valence-electron chi connectivity index (χ3n) is 13.8. The lowest BCUT2D eigenvalue weighted by Gasteiger charge is -2.43. The topological polar surface area (TPSA) is 155 Å². The average molecular weight is 870 g/mol. The molecule has 0 radical (unpaired) electrons. The molecule has 7 heterocycles. The van der Waals surface area contributed by atoms with Gasteiger partial charge in [0.1, 0.15) is 5.02 Å². The number of imide groups is 1. The fourth-order valence-electron chi connectivity index (χ4n) is 9.97. The smallest absolute Gasteiger partial charge is 0.301 e. The highest BCUT2D eigenvalue weighted by Crippen LogP contribution is 2.46. The van der Waals surface area contributed by atoms with Crippen LogP contribution in [0, 0.1) is 11.8 Å². The number of piperidine rings is 2. The number of carbonyl (C=O) groups excluding carboxylic acids is 2. The number of nitrogens with one attached hydrogen (secondary N) is 3. The van der Waals surface area contributed by atoms with E-state index in [0.29, 0.717) is 71.0 Å². The zero-order chi connectivity index (χ0) is 43.0. The van der Waals surface area contributed by atoms with Gasteiger partial charge in [-0.3, -0.25) is 29.3 Å². The Bertz CT molecular complexity index is 2650. The molecule has 18 heteroatoms. The number of benzene rings is 2. The van der Waals surface area contributed by atoms with E-state index in [9.17, 15) is 14.4 Å². The zero-order valence-electron chi connectivity index (χ0n) is 35.0. The minimum atomic E-state index is -3.13. The molecule has 5 aromatic rings. The zero-order valence-corrected chi connectivity index (χ0v) is 35.7. The van der Waals surface area contributed by atoms with Gasteiger partial charge in [-0.25, -0.2) is 13.8 Å². The van der Waals surface area contributed by atoms with Gasteiger partial charge in [0.2, 0.25) is 23.5 Å². The fourth-order valence-corrected chi connectivity index (χ4v) is 10.1. The molecule has 5 aliphatic rings. The van der Waals surface area contributed by atoms with E-state index < -0.39 is 30.0 Å². The standard InChI is InChI=1S/C44H50ClF2N11O4/c1-24(25-12-14-57(15-13-25)28-7-8-29-34(21-28)55(3)53-36(29)30-9-11-35(59)50-41(30)60)56-16-18-58(19-17-56)43-48-22-32(45)40(52-43)49-27-6-10-33-31(20-27)37-38(42(61)54(33)2)62-23-44(46,47)39(51-37)26-4-5-26/h6-8,10,20-22,24-26,30,39,51H,4-5,9,11-19,23H2,1-3H3,(H,48,49,52)(H,50,59,60)/t24?,30?,39-/m0/s1. The van der Waals surface area contributed by atoms with Crippen molar-refractivity contribution < 1.29 is 23.1 Å². The molecular weight excluding hydrogens is 820 g/mol. The average Bonchev–Trinajstić information content (AvgIpc) is 4.08. The summed E-state index contributed by atoms with van der Waals surface area (Å²) in [5, 5.41) is 15.4. The number of anilines is 5. The number of piperazine rings is 1. The largest absolute Gasteiger partial charge is 0.480 e. The van der Waals surface area contributed by atoms with E-state index in [4.69, 9.17) is 26.4 Å². The number of rotatable bonds is 8. The second-order valence-corrected chi connectivity index (χ2v) is 18.0. The van der Waals surface area contributed by atoms with E-state index >= 15 is 8.78 Å². The summed E-state index contributed by atoms with van der Waals surface area (Å²) in [7, 11) is 3.51. The van der Waals surface area contributed by atoms with Crippen molar-refractivity contribution in [2.75, 3.05) is 66.3 Å². The highest BCUT2D eigenvalue weighted by molar-refractivity contribution is 6.33. The number of hydrogen-bond donors (Lipinski definition) is 3. The predicted octanol–water partition coefficient (Wildman–Crippen LogP) is 5.78. The molecule has 10 rings (SSSR count). The van der Waals surface area contributed by atoms with Crippen LogP contribution in [0.25, 0.3) is 21.8 Å². The maximum atomic E-state index is 15.2. The van der Waals surface area contributed by atoms with Gasteiger partial charge in [0.15, 0.2) is 12.4 Å². The maximum absolute atomic E-state index is 15.2. The number of fused-ring (bicyclic) bond motifs is 4. The van der Waals surface area contributed by atoms with E-state index in [1.165, 1.54) is 4.57 Å². The van der Waals surface area contributed by atoms with Crippen molar-refractivity contribution >= 4 is 74.0 Å². The Kier molecular flexibility index (Phi) is 10.2. The van der Waals surface area contributed by atoms with Gasteiger partial charge in [0.25, 0.3) is 5.56 Å². The third-order valence-corrected chi connectivity index (χ3v) is 14.1. The van der Waals surface area contributed by atoms with Crippen LogP contribution in [0.3, 0.4) is 0 Å². The van der Waals surface area contributed by atoms with E-state index in [-0.39, 0.29) is 29.2 Å². The molecule has 2 amide bonds. The molecule has 15 nitrogen and oxygen atoms in total. The Labute approximate surface area is 361 Å². The molecule has 1 saturated carbocycles. The van der Waals surface area contributed by atoms with Gasteiger partial charge in [-0.1, -0.05) is 11.6 Å². The Balaban J connectivity index is 0.776.